The number of thioether (sulfide) groups is 1. The number of hydrogen-bond acceptors (Lipinski definition) is 6. The predicted octanol–water partition coefficient (Wildman–Crippen LogP) is 5.41. The summed E-state index contributed by atoms with van der Waals surface area (Å²) >= 11 is 6.89. The molecule has 182 valence electrons. The Kier molecular flexibility index (Phi) is 8.09. The normalized spacial score (nSPS) is 19.0. The van der Waals surface area contributed by atoms with E-state index in [2.05, 4.69) is 18.7 Å². The lowest BCUT2D eigenvalue weighted by molar-refractivity contribution is -0.122. The highest BCUT2D eigenvalue weighted by Gasteiger charge is 2.34. The molecule has 0 radical (unpaired) electrons. The van der Waals surface area contributed by atoms with Crippen molar-refractivity contribution in [1.82, 2.24) is 14.3 Å². The molecule has 34 heavy (non-hydrogen) atoms. The van der Waals surface area contributed by atoms with Gasteiger partial charge in [0.1, 0.15) is 15.8 Å². The lowest BCUT2D eigenvalue weighted by atomic mass is 9.99. The highest BCUT2D eigenvalue weighted by Crippen LogP contribution is 2.35. The van der Waals surface area contributed by atoms with E-state index in [1.807, 2.05) is 25.3 Å². The van der Waals surface area contributed by atoms with Gasteiger partial charge in [0.15, 0.2) is 0 Å². The molecule has 4 heterocycles. The molecule has 0 spiro atoms. The summed E-state index contributed by atoms with van der Waals surface area (Å²) in [6.07, 6.45) is 11.3. The average Bonchev–Trinajstić information content (AvgIpc) is 3.11. The van der Waals surface area contributed by atoms with E-state index in [0.29, 0.717) is 38.7 Å². The molecular formula is C26H34N4O2S2. The quantitative estimate of drug-likeness (QED) is 0.358. The summed E-state index contributed by atoms with van der Waals surface area (Å²) in [5, 5.41) is 0. The monoisotopic (exact) mass is 498 g/mol. The number of unbranched alkanes of at least 4 members (excludes halogenated alkanes) is 1. The predicted molar refractivity (Wildman–Crippen MR) is 145 cm³/mol. The molecule has 2 aliphatic heterocycles. The van der Waals surface area contributed by atoms with Crippen LogP contribution < -0.4 is 10.5 Å². The number of fused-ring (bicyclic) bond motifs is 1. The Bertz CT molecular complexity index is 1170. The molecule has 0 bridgehead atoms. The molecule has 2 saturated heterocycles. The Hall–Kier alpha value is -2.19. The smallest absolute Gasteiger partial charge is 0.267 e. The number of aryl methyl sites for hydroxylation is 1. The number of carbonyl (C=O) groups excluding carboxylic acids is 1. The summed E-state index contributed by atoms with van der Waals surface area (Å²) in [5.74, 6) is 1.01. The average molecular weight is 499 g/mol. The number of nitrogens with zero attached hydrogens (tertiary/aromatic N) is 4. The molecule has 2 aliphatic rings. The van der Waals surface area contributed by atoms with Crippen molar-refractivity contribution in [2.45, 2.75) is 65.7 Å². The second-order valence-corrected chi connectivity index (χ2v) is 11.0. The van der Waals surface area contributed by atoms with E-state index in [4.69, 9.17) is 17.2 Å². The number of hydrogen-bond donors (Lipinski definition) is 0. The van der Waals surface area contributed by atoms with E-state index in [0.717, 1.165) is 57.2 Å². The maximum atomic E-state index is 13.6. The van der Waals surface area contributed by atoms with Gasteiger partial charge in [-0.2, -0.15) is 0 Å². The summed E-state index contributed by atoms with van der Waals surface area (Å²) in [6.45, 7) is 8.69. The number of rotatable bonds is 8. The molecule has 2 aromatic heterocycles. The first kappa shape index (κ1) is 24.9. The van der Waals surface area contributed by atoms with Crippen LogP contribution in [0.2, 0.25) is 0 Å². The van der Waals surface area contributed by atoms with Crippen molar-refractivity contribution in [2.24, 2.45) is 5.92 Å². The Labute approximate surface area is 211 Å². The van der Waals surface area contributed by atoms with Gasteiger partial charge in [-0.1, -0.05) is 63.2 Å². The number of aromatic nitrogens is 2. The number of thiocarbonyl (C=S) groups is 1. The maximum Gasteiger partial charge on any atom is 0.267 e. The zero-order chi connectivity index (χ0) is 24.2. The number of carbonyl (C=O) groups is 1. The van der Waals surface area contributed by atoms with E-state index in [-0.39, 0.29) is 11.5 Å². The third-order valence-electron chi connectivity index (χ3n) is 6.77. The molecule has 0 saturated carbocycles. The van der Waals surface area contributed by atoms with Crippen LogP contribution in [0, 0.1) is 12.8 Å². The highest BCUT2D eigenvalue weighted by molar-refractivity contribution is 8.26. The van der Waals surface area contributed by atoms with Crippen LogP contribution in [0.25, 0.3) is 11.7 Å². The minimum absolute atomic E-state index is 0.0942. The van der Waals surface area contributed by atoms with Crippen molar-refractivity contribution in [1.29, 1.82) is 0 Å². The van der Waals surface area contributed by atoms with Gasteiger partial charge >= 0.3 is 0 Å². The van der Waals surface area contributed by atoms with Crippen LogP contribution in [0.1, 0.15) is 69.9 Å². The fraction of sp³-hybridized carbons (Fsp3) is 0.538. The second-order valence-electron chi connectivity index (χ2n) is 9.35. The van der Waals surface area contributed by atoms with Crippen molar-refractivity contribution < 1.29 is 4.79 Å². The number of pyridine rings is 1. The van der Waals surface area contributed by atoms with E-state index < -0.39 is 0 Å². The second kappa shape index (κ2) is 11.0. The van der Waals surface area contributed by atoms with Crippen molar-refractivity contribution in [2.75, 3.05) is 24.5 Å². The zero-order valence-electron chi connectivity index (χ0n) is 20.4. The van der Waals surface area contributed by atoms with Gasteiger partial charge in [0.25, 0.3) is 11.5 Å². The molecule has 6 nitrogen and oxygen atoms in total. The lowest BCUT2D eigenvalue weighted by Crippen LogP contribution is -2.34. The fourth-order valence-corrected chi connectivity index (χ4v) is 5.94. The minimum Gasteiger partial charge on any atom is -0.356 e. The van der Waals surface area contributed by atoms with E-state index in [9.17, 15) is 9.59 Å². The van der Waals surface area contributed by atoms with Gasteiger partial charge in [0.05, 0.1) is 10.5 Å². The third-order valence-corrected chi connectivity index (χ3v) is 8.15. The molecule has 0 aliphatic carbocycles. The van der Waals surface area contributed by atoms with E-state index in [1.165, 1.54) is 18.2 Å². The largest absolute Gasteiger partial charge is 0.356 e. The lowest BCUT2D eigenvalue weighted by Gasteiger charge is -2.29. The van der Waals surface area contributed by atoms with Gasteiger partial charge in [0, 0.05) is 25.8 Å². The Balaban J connectivity index is 1.73. The first-order valence-corrected chi connectivity index (χ1v) is 13.7. The van der Waals surface area contributed by atoms with Crippen LogP contribution in [0.5, 0.6) is 0 Å². The third kappa shape index (κ3) is 5.23. The summed E-state index contributed by atoms with van der Waals surface area (Å²) in [6, 6.07) is 3.85. The van der Waals surface area contributed by atoms with Crippen molar-refractivity contribution in [3.05, 3.63) is 44.7 Å². The molecule has 2 aromatic rings. The summed E-state index contributed by atoms with van der Waals surface area (Å²) in [4.78, 5) is 36.3. The van der Waals surface area contributed by atoms with Crippen LogP contribution in [-0.4, -0.2) is 44.1 Å². The molecule has 1 amide bonds. The van der Waals surface area contributed by atoms with Gasteiger partial charge in [0.2, 0.25) is 0 Å². The van der Waals surface area contributed by atoms with Crippen LogP contribution in [0.3, 0.4) is 0 Å². The Morgan fingerprint density at radius 1 is 1.18 bits per heavy atom. The fourth-order valence-electron chi connectivity index (χ4n) is 4.68. The van der Waals surface area contributed by atoms with Crippen LogP contribution in [0.15, 0.2) is 28.0 Å². The van der Waals surface area contributed by atoms with Crippen molar-refractivity contribution in [3.63, 3.8) is 0 Å². The SMILES string of the molecule is CCCCC(CC)CN1C(=O)/C(=C\c2c(N3CCCCC3)nc3ccc(C)cn3c2=O)SC1=S. The minimum atomic E-state index is -0.145. The summed E-state index contributed by atoms with van der Waals surface area (Å²) in [7, 11) is 0. The molecule has 1 unspecified atom stereocenters. The van der Waals surface area contributed by atoms with Gasteiger partial charge in [-0.3, -0.25) is 18.9 Å². The molecule has 0 N–H and O–H groups in total. The molecule has 4 rings (SSSR count). The van der Waals surface area contributed by atoms with Gasteiger partial charge in [-0.15, -0.1) is 0 Å². The number of piperidine rings is 1. The van der Waals surface area contributed by atoms with Gasteiger partial charge in [-0.05, 0) is 56.2 Å². The number of amides is 1. The standard InChI is InChI=1S/C26H34N4O2S2/c1-4-6-10-19(5-2)17-30-25(32)21(34-26(30)33)15-20-23(28-13-8-7-9-14-28)27-22-12-11-18(3)16-29(22)24(20)31/h11-12,15-16,19H,4-10,13-14,17H2,1-3H3/b21-15+. The highest BCUT2D eigenvalue weighted by atomic mass is 32.2. The molecule has 8 heteroatoms. The molecule has 1 atom stereocenters. The van der Waals surface area contributed by atoms with Crippen molar-refractivity contribution in [3.8, 4) is 0 Å². The zero-order valence-corrected chi connectivity index (χ0v) is 22.0. The Morgan fingerprint density at radius 3 is 2.65 bits per heavy atom. The number of anilines is 1. The van der Waals surface area contributed by atoms with Crippen molar-refractivity contribution >= 4 is 51.7 Å². The van der Waals surface area contributed by atoms with Crippen LogP contribution in [0.4, 0.5) is 5.82 Å². The molecular weight excluding hydrogens is 464 g/mol. The first-order valence-electron chi connectivity index (χ1n) is 12.5. The summed E-state index contributed by atoms with van der Waals surface area (Å²) < 4.78 is 2.17. The summed E-state index contributed by atoms with van der Waals surface area (Å²) in [5.41, 5.74) is 1.94. The molecule has 0 aromatic carbocycles. The van der Waals surface area contributed by atoms with E-state index >= 15 is 0 Å². The molecule has 2 fully saturated rings. The van der Waals surface area contributed by atoms with Gasteiger partial charge in [-0.25, -0.2) is 4.98 Å². The van der Waals surface area contributed by atoms with Crippen LogP contribution in [-0.2, 0) is 4.79 Å². The maximum absolute atomic E-state index is 13.6. The Morgan fingerprint density at radius 2 is 1.94 bits per heavy atom. The topological polar surface area (TPSA) is 57.9 Å². The van der Waals surface area contributed by atoms with E-state index in [1.54, 1.807) is 15.4 Å². The van der Waals surface area contributed by atoms with Gasteiger partial charge < -0.3 is 4.90 Å². The first-order chi connectivity index (χ1) is 16.4. The van der Waals surface area contributed by atoms with Crippen LogP contribution >= 0.6 is 24.0 Å².